The van der Waals surface area contributed by atoms with Crippen molar-refractivity contribution in [3.63, 3.8) is 0 Å². The summed E-state index contributed by atoms with van der Waals surface area (Å²) >= 11 is 0. The lowest BCUT2D eigenvalue weighted by molar-refractivity contribution is 0.310. The Morgan fingerprint density at radius 3 is 2.64 bits per heavy atom. The molecule has 1 N–H and O–H groups in total. The van der Waals surface area contributed by atoms with Crippen molar-refractivity contribution in [1.82, 2.24) is 9.78 Å². The molecule has 0 unspecified atom stereocenters. The summed E-state index contributed by atoms with van der Waals surface area (Å²) in [6, 6.07) is 5.82. The average molecular weight is 345 g/mol. The van der Waals surface area contributed by atoms with Gasteiger partial charge in [-0.25, -0.2) is 4.68 Å². The van der Waals surface area contributed by atoms with E-state index in [1.807, 2.05) is 39.0 Å². The third kappa shape index (κ3) is 4.53. The Hall–Kier alpha value is -2.50. The van der Waals surface area contributed by atoms with E-state index in [0.29, 0.717) is 31.9 Å². The molecule has 136 valence electrons. The first-order chi connectivity index (χ1) is 12.1. The van der Waals surface area contributed by atoms with E-state index in [0.717, 1.165) is 29.0 Å². The fourth-order valence-corrected chi connectivity index (χ4v) is 2.69. The highest BCUT2D eigenvalue weighted by molar-refractivity contribution is 5.49. The van der Waals surface area contributed by atoms with Crippen molar-refractivity contribution in [2.24, 2.45) is 0 Å². The highest BCUT2D eigenvalue weighted by Crippen LogP contribution is 2.28. The molecule has 0 aliphatic rings. The summed E-state index contributed by atoms with van der Waals surface area (Å²) in [6.45, 7) is 7.75. The second-order valence-electron chi connectivity index (χ2n) is 5.69. The van der Waals surface area contributed by atoms with E-state index in [9.17, 15) is 4.79 Å². The van der Waals surface area contributed by atoms with Gasteiger partial charge in [-0.1, -0.05) is 19.9 Å². The standard InChI is InChI=1S/C19H27N3O3/c1-5-10-22-19(23)15(6-2)16(13-21-22)20-12-14-8-9-17(24-4)18(11-14)25-7-3/h8-9,11,13,20H,5-7,10,12H2,1-4H3. The predicted octanol–water partition coefficient (Wildman–Crippen LogP) is 3.24. The van der Waals surface area contributed by atoms with Crippen LogP contribution in [0, 0.1) is 0 Å². The number of nitrogens with one attached hydrogen (secondary N) is 1. The van der Waals surface area contributed by atoms with Gasteiger partial charge >= 0.3 is 0 Å². The van der Waals surface area contributed by atoms with E-state index in [-0.39, 0.29) is 5.56 Å². The zero-order valence-electron chi connectivity index (χ0n) is 15.5. The van der Waals surface area contributed by atoms with Crippen molar-refractivity contribution in [1.29, 1.82) is 0 Å². The quantitative estimate of drug-likeness (QED) is 0.756. The summed E-state index contributed by atoms with van der Waals surface area (Å²) < 4.78 is 12.4. The Balaban J connectivity index is 2.20. The van der Waals surface area contributed by atoms with Gasteiger partial charge in [0.25, 0.3) is 5.56 Å². The molecule has 0 spiro atoms. The minimum atomic E-state index is -0.0147. The molecule has 0 saturated heterocycles. The number of aromatic nitrogens is 2. The third-order valence-electron chi connectivity index (χ3n) is 3.94. The minimum absolute atomic E-state index is 0.0147. The van der Waals surface area contributed by atoms with Gasteiger partial charge in [0.15, 0.2) is 11.5 Å². The van der Waals surface area contributed by atoms with Gasteiger partial charge in [0, 0.05) is 18.7 Å². The smallest absolute Gasteiger partial charge is 0.272 e. The molecule has 0 fully saturated rings. The molecule has 0 aliphatic carbocycles. The van der Waals surface area contributed by atoms with Crippen molar-refractivity contribution in [2.75, 3.05) is 19.0 Å². The van der Waals surface area contributed by atoms with Crippen LogP contribution >= 0.6 is 0 Å². The summed E-state index contributed by atoms with van der Waals surface area (Å²) in [5.41, 5.74) is 2.58. The fourth-order valence-electron chi connectivity index (χ4n) is 2.69. The van der Waals surface area contributed by atoms with Gasteiger partial charge in [0.05, 0.1) is 25.6 Å². The number of ether oxygens (including phenoxy) is 2. The Morgan fingerprint density at radius 1 is 1.20 bits per heavy atom. The van der Waals surface area contributed by atoms with Crippen LogP contribution in [-0.4, -0.2) is 23.5 Å². The van der Waals surface area contributed by atoms with Crippen LogP contribution < -0.4 is 20.3 Å². The second kappa shape index (κ2) is 9.11. The van der Waals surface area contributed by atoms with Gasteiger partial charge in [-0.15, -0.1) is 0 Å². The van der Waals surface area contributed by atoms with E-state index in [1.54, 1.807) is 13.3 Å². The molecule has 0 amide bonds. The van der Waals surface area contributed by atoms with Gasteiger partial charge in [0.1, 0.15) is 0 Å². The molecule has 0 aliphatic heterocycles. The van der Waals surface area contributed by atoms with Crippen LogP contribution in [0.2, 0.25) is 0 Å². The molecular weight excluding hydrogens is 318 g/mol. The number of hydrogen-bond acceptors (Lipinski definition) is 5. The van der Waals surface area contributed by atoms with Crippen molar-refractivity contribution in [3.8, 4) is 11.5 Å². The molecule has 1 aromatic heterocycles. The summed E-state index contributed by atoms with van der Waals surface area (Å²) in [5, 5.41) is 7.59. The molecule has 6 nitrogen and oxygen atoms in total. The average Bonchev–Trinajstić information content (AvgIpc) is 2.62. The summed E-state index contributed by atoms with van der Waals surface area (Å²) in [7, 11) is 1.63. The zero-order valence-corrected chi connectivity index (χ0v) is 15.5. The molecule has 1 heterocycles. The molecule has 25 heavy (non-hydrogen) atoms. The van der Waals surface area contributed by atoms with Crippen LogP contribution in [0.4, 0.5) is 5.69 Å². The number of benzene rings is 1. The third-order valence-corrected chi connectivity index (χ3v) is 3.94. The maximum absolute atomic E-state index is 12.5. The highest BCUT2D eigenvalue weighted by Gasteiger charge is 2.10. The fraction of sp³-hybridized carbons (Fsp3) is 0.474. The molecule has 2 rings (SSSR count). The van der Waals surface area contributed by atoms with E-state index in [2.05, 4.69) is 10.4 Å². The highest BCUT2D eigenvalue weighted by atomic mass is 16.5. The number of methoxy groups -OCH3 is 1. The number of rotatable bonds is 9. The first-order valence-corrected chi connectivity index (χ1v) is 8.77. The van der Waals surface area contributed by atoms with Gasteiger partial charge in [-0.3, -0.25) is 4.79 Å². The first kappa shape index (κ1) is 18.8. The molecule has 0 bridgehead atoms. The molecule has 1 aromatic carbocycles. The Kier molecular flexibility index (Phi) is 6.86. The van der Waals surface area contributed by atoms with E-state index >= 15 is 0 Å². The molecule has 2 aromatic rings. The van der Waals surface area contributed by atoms with E-state index < -0.39 is 0 Å². The lowest BCUT2D eigenvalue weighted by atomic mass is 10.1. The first-order valence-electron chi connectivity index (χ1n) is 8.77. The van der Waals surface area contributed by atoms with Crippen molar-refractivity contribution >= 4 is 5.69 Å². The molecule has 6 heteroatoms. The van der Waals surface area contributed by atoms with Gasteiger partial charge < -0.3 is 14.8 Å². The number of hydrogen-bond donors (Lipinski definition) is 1. The minimum Gasteiger partial charge on any atom is -0.493 e. The lowest BCUT2D eigenvalue weighted by Crippen LogP contribution is -2.27. The largest absolute Gasteiger partial charge is 0.493 e. The van der Waals surface area contributed by atoms with Crippen LogP contribution in [0.5, 0.6) is 11.5 Å². The van der Waals surface area contributed by atoms with E-state index in [1.165, 1.54) is 4.68 Å². The van der Waals surface area contributed by atoms with Crippen molar-refractivity contribution in [3.05, 3.63) is 45.9 Å². The Bertz CT molecular complexity index is 756. The zero-order chi connectivity index (χ0) is 18.2. The van der Waals surface area contributed by atoms with Crippen LogP contribution in [0.25, 0.3) is 0 Å². The number of anilines is 1. The van der Waals surface area contributed by atoms with Gasteiger partial charge in [0.2, 0.25) is 0 Å². The Morgan fingerprint density at radius 2 is 2.00 bits per heavy atom. The molecular formula is C19H27N3O3. The summed E-state index contributed by atoms with van der Waals surface area (Å²) in [4.78, 5) is 12.5. The van der Waals surface area contributed by atoms with Crippen LogP contribution in [-0.2, 0) is 19.5 Å². The lowest BCUT2D eigenvalue weighted by Gasteiger charge is -2.14. The summed E-state index contributed by atoms with van der Waals surface area (Å²) in [5.74, 6) is 1.43. The number of nitrogens with zero attached hydrogens (tertiary/aromatic N) is 2. The van der Waals surface area contributed by atoms with Crippen LogP contribution in [0.1, 0.15) is 38.3 Å². The van der Waals surface area contributed by atoms with Crippen LogP contribution in [0.3, 0.4) is 0 Å². The van der Waals surface area contributed by atoms with Gasteiger partial charge in [-0.05, 0) is 37.5 Å². The van der Waals surface area contributed by atoms with Crippen LogP contribution in [0.15, 0.2) is 29.2 Å². The predicted molar refractivity (Wildman–Crippen MR) is 99.7 cm³/mol. The second-order valence-corrected chi connectivity index (χ2v) is 5.69. The normalized spacial score (nSPS) is 10.6. The molecule has 0 saturated carbocycles. The van der Waals surface area contributed by atoms with Crippen molar-refractivity contribution in [2.45, 2.75) is 46.7 Å². The van der Waals surface area contributed by atoms with E-state index in [4.69, 9.17) is 9.47 Å². The monoisotopic (exact) mass is 345 g/mol. The maximum Gasteiger partial charge on any atom is 0.272 e. The molecule has 0 radical (unpaired) electrons. The molecule has 0 atom stereocenters. The van der Waals surface area contributed by atoms with Crippen molar-refractivity contribution < 1.29 is 9.47 Å². The number of aryl methyl sites for hydroxylation is 1. The van der Waals surface area contributed by atoms with Gasteiger partial charge in [-0.2, -0.15) is 5.10 Å². The summed E-state index contributed by atoms with van der Waals surface area (Å²) in [6.07, 6.45) is 3.29. The topological polar surface area (TPSA) is 65.4 Å². The SMILES string of the molecule is CCCn1ncc(NCc2ccc(OC)c(OCC)c2)c(CC)c1=O. The maximum atomic E-state index is 12.5. The Labute approximate surface area is 148 Å².